The van der Waals surface area contributed by atoms with Crippen LogP contribution in [0.25, 0.3) is 0 Å². The van der Waals surface area contributed by atoms with E-state index in [0.717, 1.165) is 6.92 Å². The summed E-state index contributed by atoms with van der Waals surface area (Å²) in [6.45, 7) is -0.679. The van der Waals surface area contributed by atoms with Crippen LogP contribution in [0.15, 0.2) is 30.3 Å². The smallest absolute Gasteiger partial charge is 0.257 e. The zero-order valence-electron chi connectivity index (χ0n) is 18.1. The largest absolute Gasteiger partial charge is 0.343 e. The first-order valence-electron chi connectivity index (χ1n) is 9.58. The molecule has 0 aromatic heterocycles. The highest BCUT2D eigenvalue weighted by Crippen LogP contribution is 2.04. The van der Waals surface area contributed by atoms with Crippen LogP contribution >= 0.6 is 12.2 Å². The summed E-state index contributed by atoms with van der Waals surface area (Å²) in [5, 5.41) is 38.5. The molecule has 0 unspecified atom stereocenters. The molecule has 0 bridgehead atoms. The number of amides is 5. The maximum Gasteiger partial charge on any atom is 0.257 e. The molecule has 0 spiro atoms. The number of para-hydroxylation sites is 1. The molecule has 34 heavy (non-hydrogen) atoms. The summed E-state index contributed by atoms with van der Waals surface area (Å²) in [6, 6.07) is 8.87. The van der Waals surface area contributed by atoms with Crippen LogP contribution < -0.4 is 21.3 Å². The zero-order chi connectivity index (χ0) is 25.7. The molecule has 0 heterocycles. The van der Waals surface area contributed by atoms with Crippen LogP contribution in [0.4, 0.5) is 5.69 Å². The van der Waals surface area contributed by atoms with E-state index < -0.39 is 62.4 Å². The van der Waals surface area contributed by atoms with Crippen LogP contribution in [0, 0.1) is 0 Å². The van der Waals surface area contributed by atoms with E-state index in [1.54, 1.807) is 24.3 Å². The number of nitrogens with one attached hydrogen (secondary N) is 4. The van der Waals surface area contributed by atoms with E-state index in [2.05, 4.69) is 21.3 Å². The van der Waals surface area contributed by atoms with Crippen molar-refractivity contribution in [2.75, 3.05) is 25.3 Å². The maximum absolute atomic E-state index is 11.9. The molecule has 7 N–H and O–H groups in total. The highest BCUT2D eigenvalue weighted by molar-refractivity contribution is 7.80. The van der Waals surface area contributed by atoms with Crippen molar-refractivity contribution < 1.29 is 39.6 Å². The third-order valence-electron chi connectivity index (χ3n) is 3.84. The first kappa shape index (κ1) is 28.2. The van der Waals surface area contributed by atoms with Gasteiger partial charge in [0.1, 0.15) is 32.8 Å². The van der Waals surface area contributed by atoms with Gasteiger partial charge >= 0.3 is 0 Å². The fourth-order valence-corrected chi connectivity index (χ4v) is 2.22. The van der Waals surface area contributed by atoms with Crippen molar-refractivity contribution in [2.24, 2.45) is 0 Å². The van der Waals surface area contributed by atoms with Gasteiger partial charge in [-0.15, -0.1) is 0 Å². The number of anilines is 1. The molecule has 0 atom stereocenters. The minimum atomic E-state index is -1.11. The normalized spacial score (nSPS) is 9.88. The van der Waals surface area contributed by atoms with Crippen LogP contribution in [-0.2, 0) is 24.0 Å². The first-order chi connectivity index (χ1) is 16.0. The van der Waals surface area contributed by atoms with Gasteiger partial charge in [-0.1, -0.05) is 18.2 Å². The molecule has 1 aromatic carbocycles. The monoisotopic (exact) mass is 499 g/mol. The van der Waals surface area contributed by atoms with Crippen molar-refractivity contribution in [3.05, 3.63) is 30.3 Å². The van der Waals surface area contributed by atoms with E-state index in [-0.39, 0.29) is 20.3 Å². The lowest BCUT2D eigenvalue weighted by Crippen LogP contribution is -2.45. The number of benzene rings is 1. The average Bonchev–Trinajstić information content (AvgIpc) is 2.79. The van der Waals surface area contributed by atoms with E-state index >= 15 is 0 Å². The van der Waals surface area contributed by atoms with Gasteiger partial charge in [0, 0.05) is 12.6 Å². The average molecular weight is 500 g/mol. The number of hydroxylamine groups is 6. The van der Waals surface area contributed by atoms with E-state index in [1.165, 1.54) is 0 Å². The van der Waals surface area contributed by atoms with Crippen molar-refractivity contribution in [3.63, 3.8) is 0 Å². The summed E-state index contributed by atoms with van der Waals surface area (Å²) in [5.74, 6) is -4.68. The number of carbonyl (C=O) groups excluding carboxylic acids is 5. The Balaban J connectivity index is 2.30. The summed E-state index contributed by atoms with van der Waals surface area (Å²) >= 11 is 5.02. The minimum Gasteiger partial charge on any atom is -0.343 e. The highest BCUT2D eigenvalue weighted by Gasteiger charge is 2.19. The Bertz CT molecular complexity index is 902. The molecule has 0 aliphatic heterocycles. The van der Waals surface area contributed by atoms with Gasteiger partial charge in [-0.3, -0.25) is 39.6 Å². The topological polar surface area (TPSA) is 204 Å². The molecular formula is C18H25N7O8S. The molecule has 0 saturated heterocycles. The first-order valence-corrected chi connectivity index (χ1v) is 9.99. The Labute approximate surface area is 199 Å². The van der Waals surface area contributed by atoms with Crippen molar-refractivity contribution in [1.29, 1.82) is 0 Å². The third-order valence-corrected chi connectivity index (χ3v) is 4.08. The molecule has 1 aromatic rings. The van der Waals surface area contributed by atoms with Gasteiger partial charge < -0.3 is 21.3 Å². The number of thiocarbonyl (C=S) groups is 1. The predicted molar refractivity (Wildman–Crippen MR) is 117 cm³/mol. The molecule has 16 heteroatoms. The van der Waals surface area contributed by atoms with Gasteiger partial charge in [0.25, 0.3) is 11.8 Å². The van der Waals surface area contributed by atoms with Gasteiger partial charge in [-0.05, 0) is 24.4 Å². The van der Waals surface area contributed by atoms with Crippen LogP contribution in [-0.4, -0.2) is 85.5 Å². The second-order valence-corrected chi connectivity index (χ2v) is 6.94. The van der Waals surface area contributed by atoms with Gasteiger partial charge in [0.15, 0.2) is 5.11 Å². The summed E-state index contributed by atoms with van der Waals surface area (Å²) in [5.41, 5.74) is 0.683. The van der Waals surface area contributed by atoms with E-state index in [1.807, 2.05) is 6.07 Å². The lowest BCUT2D eigenvalue weighted by Gasteiger charge is -2.18. The highest BCUT2D eigenvalue weighted by atomic mass is 32.1. The molecule has 1 rings (SSSR count). The lowest BCUT2D eigenvalue weighted by molar-refractivity contribution is -0.170. The van der Waals surface area contributed by atoms with Gasteiger partial charge in [0.2, 0.25) is 17.7 Å². The second-order valence-electron chi connectivity index (χ2n) is 6.53. The number of hydrogen-bond acceptors (Lipinski definition) is 9. The van der Waals surface area contributed by atoms with Crippen LogP contribution in [0.3, 0.4) is 0 Å². The molecule has 0 fully saturated rings. The Morgan fingerprint density at radius 3 is 1.68 bits per heavy atom. The Morgan fingerprint density at radius 1 is 0.765 bits per heavy atom. The van der Waals surface area contributed by atoms with Gasteiger partial charge in [-0.2, -0.15) is 0 Å². The Hall–Kier alpha value is -3.86. The molecule has 0 radical (unpaired) electrons. The van der Waals surface area contributed by atoms with E-state index in [9.17, 15) is 34.4 Å². The molecule has 15 nitrogen and oxygen atoms in total. The van der Waals surface area contributed by atoms with E-state index in [4.69, 9.17) is 17.4 Å². The summed E-state index contributed by atoms with van der Waals surface area (Å²) in [6.07, 6.45) is -1.65. The SMILES string of the molecule is CC(=O)N(O)CNC(=O)CC(=O)N(O)CNC(=O)CC(=O)N(O)CNC(=S)Nc1ccccc1. The molecule has 0 aliphatic rings. The fraction of sp³-hybridized carbons (Fsp3) is 0.333. The quantitative estimate of drug-likeness (QED) is 0.0615. The number of nitrogens with zero attached hydrogens (tertiary/aromatic N) is 3. The van der Waals surface area contributed by atoms with Crippen LogP contribution in [0.2, 0.25) is 0 Å². The van der Waals surface area contributed by atoms with E-state index in [0.29, 0.717) is 5.69 Å². The Morgan fingerprint density at radius 2 is 1.21 bits per heavy atom. The zero-order valence-corrected chi connectivity index (χ0v) is 18.9. The fourth-order valence-electron chi connectivity index (χ4n) is 2.04. The van der Waals surface area contributed by atoms with Gasteiger partial charge in [0.05, 0.1) is 0 Å². The minimum absolute atomic E-state index is 0.0234. The molecule has 0 saturated carbocycles. The standard InChI is InChI=1S/C18H25N7O8S/c1-12(26)23(31)9-19-14(27)7-16(29)24(32)10-20-15(28)8-17(30)25(33)11-21-18(34)22-13-5-3-2-4-6-13/h2-6,31-33H,7-11H2,1H3,(H,19,27)(H,20,28)(H2,21,22,34). The summed E-state index contributed by atoms with van der Waals surface area (Å²) in [7, 11) is 0. The predicted octanol–water partition coefficient (Wildman–Crippen LogP) is -1.47. The maximum atomic E-state index is 11.9. The number of rotatable bonds is 11. The lowest BCUT2D eigenvalue weighted by atomic mass is 10.3. The third kappa shape index (κ3) is 11.1. The van der Waals surface area contributed by atoms with Crippen LogP contribution in [0.5, 0.6) is 0 Å². The second kappa shape index (κ2) is 14.3. The Kier molecular flexibility index (Phi) is 11.9. The summed E-state index contributed by atoms with van der Waals surface area (Å²) in [4.78, 5) is 57.8. The molecular weight excluding hydrogens is 474 g/mol. The van der Waals surface area contributed by atoms with Crippen molar-refractivity contribution >= 4 is 52.6 Å². The van der Waals surface area contributed by atoms with Crippen molar-refractivity contribution in [2.45, 2.75) is 19.8 Å². The van der Waals surface area contributed by atoms with Gasteiger partial charge in [-0.25, -0.2) is 15.2 Å². The van der Waals surface area contributed by atoms with Crippen molar-refractivity contribution in [3.8, 4) is 0 Å². The van der Waals surface area contributed by atoms with Crippen LogP contribution in [0.1, 0.15) is 19.8 Å². The molecule has 186 valence electrons. The number of carbonyl (C=O) groups is 5. The molecule has 0 aliphatic carbocycles. The summed E-state index contributed by atoms with van der Waals surface area (Å²) < 4.78 is 0. The molecule has 5 amide bonds. The van der Waals surface area contributed by atoms with Crippen molar-refractivity contribution in [1.82, 2.24) is 31.1 Å². The number of hydrogen-bond donors (Lipinski definition) is 7.